The van der Waals surface area contributed by atoms with Crippen molar-refractivity contribution in [3.8, 4) is 0 Å². The minimum Gasteiger partial charge on any atom is -0.387 e. The Hall–Kier alpha value is 0.01000. The molecule has 2 atom stereocenters. The zero-order valence-corrected chi connectivity index (χ0v) is 9.33. The van der Waals surface area contributed by atoms with E-state index >= 15 is 0 Å². The molecule has 2 unspecified atom stereocenters. The van der Waals surface area contributed by atoms with Gasteiger partial charge in [0.1, 0.15) is 0 Å². The molecule has 0 saturated carbocycles. The molecule has 0 amide bonds. The largest absolute Gasteiger partial charge is 0.387 e. The lowest BCUT2D eigenvalue weighted by Gasteiger charge is -2.28. The second kappa shape index (κ2) is 3.64. The average Bonchev–Trinajstić information content (AvgIpc) is 2.73. The standard InChI is InChI=1S/C10H14OS2/c1-10(4-2-5-13-10)9(11)8-3-6-12-7-8/h3,6-7,9,11H,2,4-5H2,1H3. The molecule has 72 valence electrons. The van der Waals surface area contributed by atoms with Crippen molar-refractivity contribution in [1.29, 1.82) is 0 Å². The van der Waals surface area contributed by atoms with Crippen LogP contribution in [0.5, 0.6) is 0 Å². The van der Waals surface area contributed by atoms with Gasteiger partial charge in [0.25, 0.3) is 0 Å². The van der Waals surface area contributed by atoms with Gasteiger partial charge in [-0.1, -0.05) is 0 Å². The number of rotatable bonds is 2. The Morgan fingerprint density at radius 3 is 3.00 bits per heavy atom. The quantitative estimate of drug-likeness (QED) is 0.816. The normalized spacial score (nSPS) is 30.6. The summed E-state index contributed by atoms with van der Waals surface area (Å²) in [5, 5.41) is 14.2. The smallest absolute Gasteiger partial charge is 0.0941 e. The van der Waals surface area contributed by atoms with E-state index in [0.717, 1.165) is 12.0 Å². The predicted molar refractivity (Wildman–Crippen MR) is 59.4 cm³/mol. The first-order valence-electron chi connectivity index (χ1n) is 4.56. The van der Waals surface area contributed by atoms with Crippen LogP contribution in [0.4, 0.5) is 0 Å². The van der Waals surface area contributed by atoms with Crippen LogP contribution in [0.1, 0.15) is 31.4 Å². The van der Waals surface area contributed by atoms with Crippen LogP contribution < -0.4 is 0 Å². The van der Waals surface area contributed by atoms with Crippen LogP contribution in [0.15, 0.2) is 16.8 Å². The van der Waals surface area contributed by atoms with Gasteiger partial charge < -0.3 is 5.11 Å². The van der Waals surface area contributed by atoms with E-state index < -0.39 is 0 Å². The lowest BCUT2D eigenvalue weighted by molar-refractivity contribution is 0.135. The molecule has 2 heterocycles. The van der Waals surface area contributed by atoms with E-state index in [-0.39, 0.29) is 10.9 Å². The third kappa shape index (κ3) is 1.78. The van der Waals surface area contributed by atoms with Crippen LogP contribution in [-0.4, -0.2) is 15.6 Å². The van der Waals surface area contributed by atoms with E-state index in [9.17, 15) is 5.11 Å². The van der Waals surface area contributed by atoms with Gasteiger partial charge in [-0.15, -0.1) is 0 Å². The highest BCUT2D eigenvalue weighted by molar-refractivity contribution is 8.00. The number of aliphatic hydroxyl groups is 1. The third-order valence-electron chi connectivity index (χ3n) is 2.69. The first-order valence-corrected chi connectivity index (χ1v) is 6.49. The second-order valence-corrected chi connectivity index (χ2v) is 6.13. The van der Waals surface area contributed by atoms with Gasteiger partial charge in [0, 0.05) is 4.75 Å². The van der Waals surface area contributed by atoms with Crippen LogP contribution in [0.3, 0.4) is 0 Å². The van der Waals surface area contributed by atoms with Gasteiger partial charge in [0.15, 0.2) is 0 Å². The van der Waals surface area contributed by atoms with Gasteiger partial charge in [0.2, 0.25) is 0 Å². The summed E-state index contributed by atoms with van der Waals surface area (Å²) in [6, 6.07) is 2.03. The number of hydrogen-bond donors (Lipinski definition) is 1. The SMILES string of the molecule is CC1(C(O)c2ccsc2)CCCS1. The first kappa shape index (κ1) is 9.56. The minimum atomic E-state index is -0.286. The van der Waals surface area contributed by atoms with Crippen molar-refractivity contribution < 1.29 is 5.11 Å². The van der Waals surface area contributed by atoms with E-state index in [2.05, 4.69) is 12.3 Å². The molecule has 3 heteroatoms. The summed E-state index contributed by atoms with van der Waals surface area (Å²) >= 11 is 3.56. The molecular formula is C10H14OS2. The molecular weight excluding hydrogens is 200 g/mol. The Morgan fingerprint density at radius 2 is 2.46 bits per heavy atom. The van der Waals surface area contributed by atoms with Crippen molar-refractivity contribution in [1.82, 2.24) is 0 Å². The monoisotopic (exact) mass is 214 g/mol. The summed E-state index contributed by atoms with van der Waals surface area (Å²) < 4.78 is 0.0566. The van der Waals surface area contributed by atoms with Crippen molar-refractivity contribution in [3.63, 3.8) is 0 Å². The summed E-state index contributed by atoms with van der Waals surface area (Å²) in [4.78, 5) is 0. The molecule has 2 rings (SSSR count). The van der Waals surface area contributed by atoms with Crippen LogP contribution in [0.2, 0.25) is 0 Å². The number of hydrogen-bond acceptors (Lipinski definition) is 3. The first-order chi connectivity index (χ1) is 6.22. The molecule has 0 bridgehead atoms. The second-order valence-electron chi connectivity index (χ2n) is 3.72. The maximum atomic E-state index is 10.2. The van der Waals surface area contributed by atoms with E-state index in [1.54, 1.807) is 11.3 Å². The highest BCUT2D eigenvalue weighted by Gasteiger charge is 2.37. The van der Waals surface area contributed by atoms with E-state index in [0.29, 0.717) is 0 Å². The van der Waals surface area contributed by atoms with Gasteiger partial charge in [-0.2, -0.15) is 23.1 Å². The number of thiophene rings is 1. The predicted octanol–water partition coefficient (Wildman–Crippen LogP) is 3.07. The summed E-state index contributed by atoms with van der Waals surface area (Å²) in [6.07, 6.45) is 2.09. The Labute approximate surface area is 87.2 Å². The van der Waals surface area contributed by atoms with Gasteiger partial charge >= 0.3 is 0 Å². The van der Waals surface area contributed by atoms with Gasteiger partial charge in [-0.25, -0.2) is 0 Å². The zero-order valence-electron chi connectivity index (χ0n) is 7.69. The van der Waals surface area contributed by atoms with Crippen LogP contribution in [-0.2, 0) is 0 Å². The molecule has 13 heavy (non-hydrogen) atoms. The lowest BCUT2D eigenvalue weighted by Crippen LogP contribution is -2.25. The molecule has 0 aliphatic carbocycles. The Bertz CT molecular complexity index is 262. The van der Waals surface area contributed by atoms with Crippen LogP contribution in [0, 0.1) is 0 Å². The molecule has 1 nitrogen and oxygen atoms in total. The topological polar surface area (TPSA) is 20.2 Å². The van der Waals surface area contributed by atoms with Crippen molar-refractivity contribution in [2.24, 2.45) is 0 Å². The van der Waals surface area contributed by atoms with Crippen LogP contribution >= 0.6 is 23.1 Å². The van der Waals surface area contributed by atoms with Crippen molar-refractivity contribution >= 4 is 23.1 Å². The maximum Gasteiger partial charge on any atom is 0.0941 e. The lowest BCUT2D eigenvalue weighted by atomic mass is 9.95. The molecule has 0 aromatic carbocycles. The summed E-state index contributed by atoms with van der Waals surface area (Å²) in [5.41, 5.74) is 1.09. The summed E-state index contributed by atoms with van der Waals surface area (Å²) in [7, 11) is 0. The van der Waals surface area contributed by atoms with Gasteiger partial charge in [-0.05, 0) is 47.9 Å². The van der Waals surface area contributed by atoms with Gasteiger partial charge in [-0.3, -0.25) is 0 Å². The molecule has 0 spiro atoms. The fourth-order valence-electron chi connectivity index (χ4n) is 1.80. The molecule has 1 aromatic rings. The number of aliphatic hydroxyl groups excluding tert-OH is 1. The van der Waals surface area contributed by atoms with Crippen molar-refractivity contribution in [2.45, 2.75) is 30.6 Å². The van der Waals surface area contributed by atoms with E-state index in [4.69, 9.17) is 0 Å². The Kier molecular flexibility index (Phi) is 2.67. The summed E-state index contributed by atoms with van der Waals surface area (Å²) in [5.74, 6) is 1.19. The fraction of sp³-hybridized carbons (Fsp3) is 0.600. The molecule has 0 radical (unpaired) electrons. The Morgan fingerprint density at radius 1 is 1.62 bits per heavy atom. The third-order valence-corrected chi connectivity index (χ3v) is 4.97. The van der Waals surface area contributed by atoms with Crippen molar-refractivity contribution in [3.05, 3.63) is 22.4 Å². The van der Waals surface area contributed by atoms with Gasteiger partial charge in [0.05, 0.1) is 6.10 Å². The van der Waals surface area contributed by atoms with Crippen LogP contribution in [0.25, 0.3) is 0 Å². The maximum absolute atomic E-state index is 10.2. The molecule has 1 aliphatic rings. The van der Waals surface area contributed by atoms with E-state index in [1.807, 2.05) is 23.2 Å². The molecule has 1 fully saturated rings. The highest BCUT2D eigenvalue weighted by Crippen LogP contribution is 2.46. The molecule has 1 aliphatic heterocycles. The van der Waals surface area contributed by atoms with E-state index in [1.165, 1.54) is 12.2 Å². The van der Waals surface area contributed by atoms with Crippen molar-refractivity contribution in [2.75, 3.05) is 5.75 Å². The Balaban J connectivity index is 2.16. The molecule has 1 aromatic heterocycles. The summed E-state index contributed by atoms with van der Waals surface area (Å²) in [6.45, 7) is 2.17. The fourth-order valence-corrected chi connectivity index (χ4v) is 3.82. The molecule has 1 N–H and O–H groups in total. The average molecular weight is 214 g/mol. The zero-order chi connectivity index (χ0) is 9.31. The highest BCUT2D eigenvalue weighted by atomic mass is 32.2. The molecule has 1 saturated heterocycles. The minimum absolute atomic E-state index is 0.0566. The number of thioether (sulfide) groups is 1.